The fourth-order valence-electron chi connectivity index (χ4n) is 8.54. The van der Waals surface area contributed by atoms with Gasteiger partial charge >= 0.3 is 0 Å². The third-order valence-electron chi connectivity index (χ3n) is 10.8. The van der Waals surface area contributed by atoms with E-state index in [1.165, 1.54) is 55.6 Å². The Balaban J connectivity index is 1.42. The summed E-state index contributed by atoms with van der Waals surface area (Å²) in [5, 5.41) is 20.1. The smallest absolute Gasteiger partial charge is 0.115 e. The third kappa shape index (κ3) is 5.67. The van der Waals surface area contributed by atoms with Gasteiger partial charge in [0, 0.05) is 40.0 Å². The second-order valence-electron chi connectivity index (χ2n) is 13.9. The van der Waals surface area contributed by atoms with Crippen molar-refractivity contribution in [3.05, 3.63) is 236 Å². The van der Waals surface area contributed by atoms with Gasteiger partial charge in [0.2, 0.25) is 0 Å². The molecule has 0 amide bonds. The summed E-state index contributed by atoms with van der Waals surface area (Å²) in [6.07, 6.45) is 11.7. The zero-order valence-electron chi connectivity index (χ0n) is 29.3. The molecule has 4 aliphatic carbocycles. The van der Waals surface area contributed by atoms with E-state index < -0.39 is 0 Å². The van der Waals surface area contributed by atoms with Gasteiger partial charge < -0.3 is 10.2 Å². The molecular weight excluding hydrogens is 645 g/mol. The van der Waals surface area contributed by atoms with E-state index in [1.54, 1.807) is 24.3 Å². The first-order chi connectivity index (χ1) is 26.1. The van der Waals surface area contributed by atoms with E-state index in [1.807, 2.05) is 31.2 Å². The average Bonchev–Trinajstić information content (AvgIpc) is 3.20. The van der Waals surface area contributed by atoms with Crippen LogP contribution in [0.2, 0.25) is 0 Å². The molecule has 4 aliphatic rings. The number of allylic oxidation sites excluding steroid dienone is 6. The van der Waals surface area contributed by atoms with Gasteiger partial charge in [-0.3, -0.25) is 0 Å². The Hall–Kier alpha value is -6.74. The first-order valence-corrected chi connectivity index (χ1v) is 18.2. The summed E-state index contributed by atoms with van der Waals surface area (Å²) in [5.41, 5.74) is 16.5. The SMILES string of the molecule is C/C=C\C=C/C1=CC2c3ccccc3C1c1c(C#Cc3ccc(O)cc3)c3c(c(C#Cc4ccc(O)cc4)c12)C(c1ccccc1)c1ccccc1C3. The predicted octanol–water partition coefficient (Wildman–Crippen LogP) is 10.6. The Morgan fingerprint density at radius 3 is 1.83 bits per heavy atom. The van der Waals surface area contributed by atoms with Gasteiger partial charge in [0.15, 0.2) is 0 Å². The largest absolute Gasteiger partial charge is 0.508 e. The lowest BCUT2D eigenvalue weighted by Gasteiger charge is -2.43. The van der Waals surface area contributed by atoms with Crippen molar-refractivity contribution < 1.29 is 10.2 Å². The normalized spacial score (nSPS) is 17.5. The molecule has 252 valence electrons. The molecule has 3 atom stereocenters. The van der Waals surface area contributed by atoms with Crippen LogP contribution in [0.15, 0.2) is 163 Å². The van der Waals surface area contributed by atoms with E-state index >= 15 is 0 Å². The van der Waals surface area contributed by atoms with Crippen LogP contribution < -0.4 is 0 Å². The van der Waals surface area contributed by atoms with Crippen molar-refractivity contribution in [3.8, 4) is 35.2 Å². The highest BCUT2D eigenvalue weighted by Crippen LogP contribution is 2.57. The lowest BCUT2D eigenvalue weighted by Crippen LogP contribution is -2.29. The van der Waals surface area contributed by atoms with E-state index in [0.717, 1.165) is 28.7 Å². The van der Waals surface area contributed by atoms with Gasteiger partial charge in [0.25, 0.3) is 0 Å². The summed E-state index contributed by atoms with van der Waals surface area (Å²) in [7, 11) is 0. The van der Waals surface area contributed by atoms with Crippen LogP contribution in [0.5, 0.6) is 11.5 Å². The maximum atomic E-state index is 10.1. The molecule has 2 N–H and O–H groups in total. The van der Waals surface area contributed by atoms with Crippen molar-refractivity contribution in [2.75, 3.05) is 0 Å². The van der Waals surface area contributed by atoms with Crippen LogP contribution in [0.4, 0.5) is 0 Å². The van der Waals surface area contributed by atoms with Crippen molar-refractivity contribution in [2.45, 2.75) is 31.1 Å². The number of fused-ring (bicyclic) bond motifs is 2. The molecule has 0 radical (unpaired) electrons. The van der Waals surface area contributed by atoms with E-state index in [4.69, 9.17) is 0 Å². The number of benzene rings is 6. The molecule has 2 nitrogen and oxygen atoms in total. The maximum Gasteiger partial charge on any atom is 0.115 e. The molecule has 2 bridgehead atoms. The summed E-state index contributed by atoms with van der Waals surface area (Å²) in [5.74, 6) is 15.0. The summed E-state index contributed by atoms with van der Waals surface area (Å²) in [4.78, 5) is 0. The van der Waals surface area contributed by atoms with E-state index in [2.05, 4.69) is 133 Å². The highest BCUT2D eigenvalue weighted by molar-refractivity contribution is 5.78. The van der Waals surface area contributed by atoms with E-state index in [0.29, 0.717) is 0 Å². The maximum absolute atomic E-state index is 10.1. The standard InChI is InChI=1S/C51H36O2/c1-2-3-5-15-37-32-45-41-17-10-11-18-42(41)48(37)51-43(29-23-33-19-25-38(52)26-20-33)46-31-36-14-8-9-16-40(36)47(35-12-6-4-7-13-35)49(46)44(50(45)51)30-24-34-21-27-39(53)28-22-34/h2-22,25-28,32,45,47-48,52-53H,31H2,1H3/b3-2-,15-5-. The summed E-state index contributed by atoms with van der Waals surface area (Å²) >= 11 is 0. The highest BCUT2D eigenvalue weighted by Gasteiger charge is 2.44. The van der Waals surface area contributed by atoms with Crippen LogP contribution in [0, 0.1) is 23.7 Å². The molecule has 0 heterocycles. The monoisotopic (exact) mass is 680 g/mol. The van der Waals surface area contributed by atoms with Crippen LogP contribution in [0.1, 0.15) is 97.0 Å². The fourth-order valence-corrected chi connectivity index (χ4v) is 8.54. The van der Waals surface area contributed by atoms with Crippen LogP contribution in [-0.2, 0) is 6.42 Å². The topological polar surface area (TPSA) is 40.5 Å². The Bertz CT molecular complexity index is 2610. The van der Waals surface area contributed by atoms with Gasteiger partial charge in [-0.25, -0.2) is 0 Å². The molecule has 0 spiro atoms. The minimum absolute atomic E-state index is 0.0197. The molecule has 0 aromatic heterocycles. The first-order valence-electron chi connectivity index (χ1n) is 18.2. The Kier molecular flexibility index (Phi) is 8.15. The lowest BCUT2D eigenvalue weighted by atomic mass is 9.59. The summed E-state index contributed by atoms with van der Waals surface area (Å²) in [6, 6.07) is 42.8. The zero-order valence-corrected chi connectivity index (χ0v) is 29.3. The van der Waals surface area contributed by atoms with Crippen LogP contribution >= 0.6 is 0 Å². The van der Waals surface area contributed by atoms with Gasteiger partial charge in [0.05, 0.1) is 0 Å². The number of phenolic OH excluding ortho intramolecular Hbond substituents is 2. The van der Waals surface area contributed by atoms with Gasteiger partial charge in [-0.15, -0.1) is 0 Å². The first kappa shape index (κ1) is 32.2. The third-order valence-corrected chi connectivity index (χ3v) is 10.8. The second-order valence-corrected chi connectivity index (χ2v) is 13.9. The molecule has 0 saturated carbocycles. The molecule has 3 unspecified atom stereocenters. The lowest BCUT2D eigenvalue weighted by molar-refractivity contribution is 0.474. The van der Waals surface area contributed by atoms with E-state index in [9.17, 15) is 10.2 Å². The van der Waals surface area contributed by atoms with Gasteiger partial charge in [-0.05, 0) is 118 Å². The van der Waals surface area contributed by atoms with Crippen molar-refractivity contribution in [1.29, 1.82) is 0 Å². The van der Waals surface area contributed by atoms with Gasteiger partial charge in [-0.1, -0.05) is 133 Å². The number of hydrogen-bond donors (Lipinski definition) is 2. The highest BCUT2D eigenvalue weighted by atomic mass is 16.3. The Morgan fingerprint density at radius 2 is 1.15 bits per heavy atom. The molecule has 53 heavy (non-hydrogen) atoms. The van der Waals surface area contributed by atoms with Crippen molar-refractivity contribution in [2.24, 2.45) is 0 Å². The van der Waals surface area contributed by atoms with Gasteiger partial charge in [-0.2, -0.15) is 0 Å². The van der Waals surface area contributed by atoms with Crippen LogP contribution in [0.25, 0.3) is 0 Å². The zero-order chi connectivity index (χ0) is 35.9. The molecule has 0 saturated heterocycles. The van der Waals surface area contributed by atoms with Crippen molar-refractivity contribution in [1.82, 2.24) is 0 Å². The molecule has 0 aliphatic heterocycles. The average molecular weight is 681 g/mol. The predicted molar refractivity (Wildman–Crippen MR) is 213 cm³/mol. The van der Waals surface area contributed by atoms with Crippen LogP contribution in [-0.4, -0.2) is 10.2 Å². The number of rotatable bonds is 3. The quantitative estimate of drug-likeness (QED) is 0.144. The second kappa shape index (κ2) is 13.4. The molecule has 10 rings (SSSR count). The summed E-state index contributed by atoms with van der Waals surface area (Å²) in [6.45, 7) is 2.04. The van der Waals surface area contributed by atoms with Crippen LogP contribution in [0.3, 0.4) is 0 Å². The minimum Gasteiger partial charge on any atom is -0.508 e. The molecular formula is C51H36O2. The molecule has 0 fully saturated rings. The van der Waals surface area contributed by atoms with E-state index in [-0.39, 0.29) is 29.3 Å². The minimum atomic E-state index is -0.0477. The number of phenols is 2. The number of aromatic hydroxyl groups is 2. The van der Waals surface area contributed by atoms with Crippen molar-refractivity contribution >= 4 is 0 Å². The Labute approximate surface area is 311 Å². The Morgan fingerprint density at radius 1 is 0.547 bits per heavy atom. The number of hydrogen-bond acceptors (Lipinski definition) is 2. The summed E-state index contributed by atoms with van der Waals surface area (Å²) < 4.78 is 0. The molecule has 6 aromatic rings. The molecule has 2 heteroatoms. The molecule has 6 aromatic carbocycles. The fraction of sp³-hybridized carbons (Fsp3) is 0.0980. The van der Waals surface area contributed by atoms with Gasteiger partial charge in [0.1, 0.15) is 11.5 Å². The van der Waals surface area contributed by atoms with Crippen molar-refractivity contribution in [3.63, 3.8) is 0 Å².